The van der Waals surface area contributed by atoms with Crippen LogP contribution in [0.3, 0.4) is 0 Å². The van der Waals surface area contributed by atoms with Crippen LogP contribution in [0.4, 0.5) is 0 Å². The maximum absolute atomic E-state index is 12.7. The Bertz CT molecular complexity index is 293. The van der Waals surface area contributed by atoms with Crippen molar-refractivity contribution in [2.45, 2.75) is 60.0 Å². The number of hydrogen-bond acceptors (Lipinski definition) is 4. The molecule has 0 saturated carbocycles. The molecule has 0 aliphatic rings. The Balaban J connectivity index is 5.31. The fourth-order valence-electron chi connectivity index (χ4n) is 2.35. The zero-order chi connectivity index (χ0) is 15.1. The molecule has 1 atom stereocenters. The summed E-state index contributed by atoms with van der Waals surface area (Å²) in [5.41, 5.74) is -0.865. The fraction of sp³-hybridized carbons (Fsp3) is 0.867. The smallest absolute Gasteiger partial charge is 0.316 e. The van der Waals surface area contributed by atoms with Crippen LogP contribution < -0.4 is 0 Å². The number of ether oxygens (including phenoxy) is 2. The van der Waals surface area contributed by atoms with Gasteiger partial charge in [-0.3, -0.25) is 9.59 Å². The van der Waals surface area contributed by atoms with Gasteiger partial charge in [-0.1, -0.05) is 27.7 Å². The summed E-state index contributed by atoms with van der Waals surface area (Å²) in [6.45, 7) is 11.9. The highest BCUT2D eigenvalue weighted by Gasteiger charge is 2.44. The number of Topliss-reactive ketones (excluding diaryl/α,β-unsaturated/α-hetero) is 1. The molecule has 0 spiro atoms. The minimum atomic E-state index is -0.865. The summed E-state index contributed by atoms with van der Waals surface area (Å²) in [6.07, 6.45) is 1.14. The third kappa shape index (κ3) is 4.30. The normalized spacial score (nSPS) is 13.4. The first-order chi connectivity index (χ1) is 8.90. The third-order valence-corrected chi connectivity index (χ3v) is 3.50. The van der Waals surface area contributed by atoms with E-state index in [2.05, 4.69) is 0 Å². The second-order valence-corrected chi connectivity index (χ2v) is 4.97. The summed E-state index contributed by atoms with van der Waals surface area (Å²) in [6, 6.07) is 0. The third-order valence-electron chi connectivity index (χ3n) is 3.50. The Morgan fingerprint density at radius 2 is 1.53 bits per heavy atom. The fourth-order valence-corrected chi connectivity index (χ4v) is 2.35. The number of carbonyl (C=O) groups excluding carboxylic acids is 2. The number of rotatable bonds is 9. The van der Waals surface area contributed by atoms with Gasteiger partial charge in [-0.05, 0) is 32.6 Å². The molecule has 0 aliphatic carbocycles. The van der Waals surface area contributed by atoms with E-state index in [1.54, 1.807) is 6.92 Å². The predicted molar refractivity (Wildman–Crippen MR) is 74.9 cm³/mol. The van der Waals surface area contributed by atoms with E-state index in [9.17, 15) is 9.59 Å². The van der Waals surface area contributed by atoms with Crippen LogP contribution in [0.25, 0.3) is 0 Å². The van der Waals surface area contributed by atoms with E-state index in [1.807, 2.05) is 34.6 Å². The molecule has 0 saturated heterocycles. The lowest BCUT2D eigenvalue weighted by molar-refractivity contribution is -0.164. The molecule has 0 radical (unpaired) electrons. The summed E-state index contributed by atoms with van der Waals surface area (Å²) in [5, 5.41) is 0. The first-order valence-electron chi connectivity index (χ1n) is 7.24. The molecule has 0 aromatic heterocycles. The summed E-state index contributed by atoms with van der Waals surface area (Å²) in [5.74, 6) is -1.42. The molecule has 0 aliphatic heterocycles. The highest BCUT2D eigenvalue weighted by molar-refractivity contribution is 6.03. The molecule has 0 rings (SSSR count). The van der Waals surface area contributed by atoms with Crippen LogP contribution in [0.15, 0.2) is 0 Å². The van der Waals surface area contributed by atoms with E-state index >= 15 is 0 Å². The minimum Gasteiger partial charge on any atom is -0.465 e. The summed E-state index contributed by atoms with van der Waals surface area (Å²) < 4.78 is 10.7. The molecule has 0 bridgehead atoms. The zero-order valence-corrected chi connectivity index (χ0v) is 13.1. The molecule has 112 valence electrons. The molecule has 0 fully saturated rings. The van der Waals surface area contributed by atoms with Gasteiger partial charge in [0.2, 0.25) is 0 Å². The van der Waals surface area contributed by atoms with E-state index in [0.717, 1.165) is 0 Å². The molecule has 0 heterocycles. The maximum Gasteiger partial charge on any atom is 0.316 e. The highest BCUT2D eigenvalue weighted by atomic mass is 16.5. The number of hydrogen-bond donors (Lipinski definition) is 0. The van der Waals surface area contributed by atoms with Crippen molar-refractivity contribution in [3.05, 3.63) is 0 Å². The van der Waals surface area contributed by atoms with E-state index in [4.69, 9.17) is 9.47 Å². The molecule has 19 heavy (non-hydrogen) atoms. The molecule has 0 aromatic carbocycles. The predicted octanol–water partition coefficient (Wildman–Crippen LogP) is 2.99. The minimum absolute atomic E-state index is 0.0931. The second-order valence-electron chi connectivity index (χ2n) is 4.97. The van der Waals surface area contributed by atoms with E-state index in [0.29, 0.717) is 19.4 Å². The number of esters is 1. The standard InChI is InChI=1S/C15H28O4/c1-7-15(8-2,19-10-4)13(16)12(11(5)6)14(17)18-9-3/h11-12H,7-10H2,1-6H3. The van der Waals surface area contributed by atoms with Crippen molar-refractivity contribution in [2.75, 3.05) is 13.2 Å². The maximum atomic E-state index is 12.7. The van der Waals surface area contributed by atoms with Crippen LogP contribution in [0.5, 0.6) is 0 Å². The molecule has 4 nitrogen and oxygen atoms in total. The summed E-state index contributed by atoms with van der Waals surface area (Å²) in [7, 11) is 0. The molecular weight excluding hydrogens is 244 g/mol. The van der Waals surface area contributed by atoms with Gasteiger partial charge in [0.25, 0.3) is 0 Å². The van der Waals surface area contributed by atoms with Crippen molar-refractivity contribution < 1.29 is 19.1 Å². The van der Waals surface area contributed by atoms with Gasteiger partial charge in [0.15, 0.2) is 5.78 Å². The van der Waals surface area contributed by atoms with Crippen LogP contribution in [-0.4, -0.2) is 30.6 Å². The van der Waals surface area contributed by atoms with Gasteiger partial charge in [0.05, 0.1) is 6.61 Å². The molecule has 4 heteroatoms. The van der Waals surface area contributed by atoms with Gasteiger partial charge >= 0.3 is 5.97 Å². The molecule has 0 N–H and O–H groups in total. The lowest BCUT2D eigenvalue weighted by Gasteiger charge is -2.33. The Morgan fingerprint density at radius 1 is 1.00 bits per heavy atom. The molecule has 0 aromatic rings. The van der Waals surface area contributed by atoms with Crippen LogP contribution in [0.2, 0.25) is 0 Å². The van der Waals surface area contributed by atoms with Crippen LogP contribution >= 0.6 is 0 Å². The highest BCUT2D eigenvalue weighted by Crippen LogP contribution is 2.29. The van der Waals surface area contributed by atoms with Crippen molar-refractivity contribution in [2.24, 2.45) is 11.8 Å². The topological polar surface area (TPSA) is 52.6 Å². The monoisotopic (exact) mass is 272 g/mol. The largest absolute Gasteiger partial charge is 0.465 e. The Hall–Kier alpha value is -0.900. The lowest BCUT2D eigenvalue weighted by atomic mass is 9.79. The van der Waals surface area contributed by atoms with Crippen LogP contribution in [0.1, 0.15) is 54.4 Å². The average Bonchev–Trinajstić information content (AvgIpc) is 2.36. The van der Waals surface area contributed by atoms with Gasteiger partial charge in [0.1, 0.15) is 11.5 Å². The van der Waals surface area contributed by atoms with E-state index < -0.39 is 17.5 Å². The number of ketones is 1. The molecular formula is C15H28O4. The quantitative estimate of drug-likeness (QED) is 0.478. The van der Waals surface area contributed by atoms with Gasteiger partial charge in [0, 0.05) is 6.61 Å². The van der Waals surface area contributed by atoms with E-state index in [1.165, 1.54) is 0 Å². The first-order valence-corrected chi connectivity index (χ1v) is 7.24. The average molecular weight is 272 g/mol. The van der Waals surface area contributed by atoms with Gasteiger partial charge < -0.3 is 9.47 Å². The van der Waals surface area contributed by atoms with Crippen LogP contribution in [-0.2, 0) is 19.1 Å². The molecule has 1 unspecified atom stereocenters. The van der Waals surface area contributed by atoms with E-state index in [-0.39, 0.29) is 18.3 Å². The Morgan fingerprint density at radius 3 is 1.84 bits per heavy atom. The zero-order valence-electron chi connectivity index (χ0n) is 13.1. The van der Waals surface area contributed by atoms with Crippen molar-refractivity contribution in [3.63, 3.8) is 0 Å². The second kappa shape index (κ2) is 8.31. The summed E-state index contributed by atoms with van der Waals surface area (Å²) in [4.78, 5) is 24.8. The first kappa shape index (κ1) is 18.1. The van der Waals surface area contributed by atoms with Crippen LogP contribution in [0, 0.1) is 11.8 Å². The van der Waals surface area contributed by atoms with Crippen molar-refractivity contribution >= 4 is 11.8 Å². The van der Waals surface area contributed by atoms with Crippen molar-refractivity contribution in [3.8, 4) is 0 Å². The van der Waals surface area contributed by atoms with Crippen molar-refractivity contribution in [1.29, 1.82) is 0 Å². The Labute approximate surface area is 116 Å². The van der Waals surface area contributed by atoms with Gasteiger partial charge in [-0.25, -0.2) is 0 Å². The number of carbonyl (C=O) groups is 2. The van der Waals surface area contributed by atoms with Gasteiger partial charge in [-0.15, -0.1) is 0 Å². The SMILES string of the molecule is CCOC(=O)C(C(=O)C(CC)(CC)OCC)C(C)C. The Kier molecular flexibility index (Phi) is 7.91. The summed E-state index contributed by atoms with van der Waals surface area (Å²) >= 11 is 0. The lowest BCUT2D eigenvalue weighted by Crippen LogP contribution is -2.48. The van der Waals surface area contributed by atoms with Gasteiger partial charge in [-0.2, -0.15) is 0 Å². The van der Waals surface area contributed by atoms with Crippen molar-refractivity contribution in [1.82, 2.24) is 0 Å². The molecule has 0 amide bonds.